The van der Waals surface area contributed by atoms with Crippen molar-refractivity contribution in [2.75, 3.05) is 7.05 Å². The maximum atomic E-state index is 4.98. The van der Waals surface area contributed by atoms with Crippen LogP contribution in [0.1, 0.15) is 0 Å². The summed E-state index contributed by atoms with van der Waals surface area (Å²) in [5.41, 5.74) is 6.77. The largest absolute Gasteiger partial charge is 0.337 e. The third kappa shape index (κ3) is 4.31. The van der Waals surface area contributed by atoms with Gasteiger partial charge in [-0.3, -0.25) is 0 Å². The highest BCUT2D eigenvalue weighted by Gasteiger charge is 1.92. The molecule has 4 N–H and O–H groups in total. The molecule has 0 saturated heterocycles. The first-order valence-electron chi connectivity index (χ1n) is 6.46. The van der Waals surface area contributed by atoms with Crippen LogP contribution >= 0.6 is 47.1 Å². The fourth-order valence-corrected chi connectivity index (χ4v) is 4.02. The number of nitrogens with two attached hydrogens (primary N) is 1. The van der Waals surface area contributed by atoms with Crippen LogP contribution in [0.5, 0.6) is 0 Å². The van der Waals surface area contributed by atoms with Crippen LogP contribution in [0.4, 0.5) is 0 Å². The van der Waals surface area contributed by atoms with Crippen LogP contribution in [0, 0.1) is 7.91 Å². The van der Waals surface area contributed by atoms with E-state index in [1.54, 1.807) is 22.7 Å². The number of thiazole rings is 2. The van der Waals surface area contributed by atoms with Gasteiger partial charge in [-0.1, -0.05) is 24.3 Å². The second kappa shape index (κ2) is 8.30. The number of para-hydroxylation sites is 2. The molecule has 0 fully saturated rings. The smallest absolute Gasteiger partial charge is 0.159 e. The molecule has 3 nitrogen and oxygen atoms in total. The number of hydrogen-bond donors (Lipinski definition) is 3. The fourth-order valence-electron chi connectivity index (χ4n) is 1.79. The molecule has 7 heteroatoms. The second-order valence-corrected chi connectivity index (χ2v) is 7.46. The minimum atomic E-state index is 0.848. The molecule has 2 heterocycles. The van der Waals surface area contributed by atoms with Gasteiger partial charge in [0, 0.05) is 0 Å². The molecular weight excluding hydrogens is 350 g/mol. The van der Waals surface area contributed by atoms with E-state index in [0.717, 1.165) is 18.9 Å². The molecular formula is C15H15N3S4. The zero-order chi connectivity index (χ0) is 15.9. The third-order valence-corrected chi connectivity index (χ3v) is 5.08. The predicted octanol–water partition coefficient (Wildman–Crippen LogP) is 5.49. The molecule has 2 aromatic carbocycles. The Bertz CT molecular complexity index is 809. The van der Waals surface area contributed by atoms with Crippen molar-refractivity contribution in [1.29, 1.82) is 0 Å². The first-order chi connectivity index (χ1) is 10.7. The van der Waals surface area contributed by atoms with E-state index < -0.39 is 0 Å². The summed E-state index contributed by atoms with van der Waals surface area (Å²) >= 11 is 13.2. The number of nitrogens with one attached hydrogen (secondary N) is 2. The fraction of sp³-hybridized carbons (Fsp3) is 0.0667. The minimum Gasteiger partial charge on any atom is -0.337 e. The Morgan fingerprint density at radius 1 is 0.727 bits per heavy atom. The van der Waals surface area contributed by atoms with Gasteiger partial charge in [0.05, 0.1) is 20.4 Å². The van der Waals surface area contributed by atoms with E-state index in [2.05, 4.69) is 27.8 Å². The van der Waals surface area contributed by atoms with Crippen molar-refractivity contribution in [2.45, 2.75) is 0 Å². The van der Waals surface area contributed by atoms with Crippen molar-refractivity contribution < 1.29 is 0 Å². The summed E-state index contributed by atoms with van der Waals surface area (Å²) in [5, 5.41) is 0. The van der Waals surface area contributed by atoms with E-state index in [1.807, 2.05) is 36.4 Å². The Kier molecular flexibility index (Phi) is 6.41. The Morgan fingerprint density at radius 2 is 1.09 bits per heavy atom. The number of aromatic amines is 2. The highest BCUT2D eigenvalue weighted by atomic mass is 32.2. The summed E-state index contributed by atoms with van der Waals surface area (Å²) in [4.78, 5) is 6.18. The van der Waals surface area contributed by atoms with Gasteiger partial charge < -0.3 is 15.7 Å². The van der Waals surface area contributed by atoms with Crippen molar-refractivity contribution in [2.24, 2.45) is 5.73 Å². The quantitative estimate of drug-likeness (QED) is 0.361. The number of aromatic nitrogens is 2. The lowest BCUT2D eigenvalue weighted by Crippen LogP contribution is -1.69. The van der Waals surface area contributed by atoms with Crippen LogP contribution in [-0.4, -0.2) is 17.0 Å². The van der Waals surface area contributed by atoms with Crippen LogP contribution in [0.15, 0.2) is 48.5 Å². The van der Waals surface area contributed by atoms with Crippen molar-refractivity contribution in [1.82, 2.24) is 9.97 Å². The molecule has 0 atom stereocenters. The van der Waals surface area contributed by atoms with E-state index in [4.69, 9.17) is 24.4 Å². The van der Waals surface area contributed by atoms with Gasteiger partial charge in [0.1, 0.15) is 0 Å². The van der Waals surface area contributed by atoms with Gasteiger partial charge in [0.2, 0.25) is 0 Å². The average molecular weight is 366 g/mol. The zero-order valence-corrected chi connectivity index (χ0v) is 15.1. The summed E-state index contributed by atoms with van der Waals surface area (Å²) < 4.78 is 4.16. The van der Waals surface area contributed by atoms with Gasteiger partial charge in [-0.05, 0) is 55.7 Å². The topological polar surface area (TPSA) is 57.6 Å². The predicted molar refractivity (Wildman–Crippen MR) is 104 cm³/mol. The molecule has 22 heavy (non-hydrogen) atoms. The van der Waals surface area contributed by atoms with Crippen LogP contribution in [0.2, 0.25) is 0 Å². The van der Waals surface area contributed by atoms with Gasteiger partial charge in [-0.25, -0.2) is 0 Å². The molecule has 4 rings (SSSR count). The third-order valence-electron chi connectivity index (χ3n) is 2.65. The van der Waals surface area contributed by atoms with Crippen LogP contribution in [-0.2, 0) is 0 Å². The molecule has 0 spiro atoms. The highest BCUT2D eigenvalue weighted by Crippen LogP contribution is 2.18. The minimum absolute atomic E-state index is 0.848. The van der Waals surface area contributed by atoms with E-state index in [9.17, 15) is 0 Å². The lowest BCUT2D eigenvalue weighted by molar-refractivity contribution is 1.47. The lowest BCUT2D eigenvalue weighted by Gasteiger charge is -1.81. The van der Waals surface area contributed by atoms with Crippen molar-refractivity contribution in [3.63, 3.8) is 0 Å². The molecule has 0 unspecified atom stereocenters. The molecule has 0 radical (unpaired) electrons. The molecule has 4 aromatic rings. The maximum Gasteiger partial charge on any atom is 0.159 e. The lowest BCUT2D eigenvalue weighted by atomic mass is 10.3. The summed E-state index contributed by atoms with van der Waals surface area (Å²) in [7, 11) is 1.50. The number of fused-ring (bicyclic) bond motifs is 2. The summed E-state index contributed by atoms with van der Waals surface area (Å²) in [5.74, 6) is 0. The second-order valence-electron chi connectivity index (χ2n) is 4.02. The van der Waals surface area contributed by atoms with Crippen LogP contribution in [0.3, 0.4) is 0 Å². The van der Waals surface area contributed by atoms with Gasteiger partial charge in [-0.15, -0.1) is 22.7 Å². The Balaban J connectivity index is 0.000000144. The number of rotatable bonds is 0. The van der Waals surface area contributed by atoms with E-state index in [0.29, 0.717) is 0 Å². The Morgan fingerprint density at radius 3 is 1.45 bits per heavy atom. The average Bonchev–Trinajstić information content (AvgIpc) is 3.10. The number of benzene rings is 2. The molecule has 0 aliphatic rings. The van der Waals surface area contributed by atoms with Gasteiger partial charge in [0.15, 0.2) is 7.91 Å². The maximum absolute atomic E-state index is 4.98. The molecule has 0 aliphatic carbocycles. The SMILES string of the molecule is CN.S=c1[nH]c2ccccc2s1.S=c1[nH]c2ccccc2s1. The summed E-state index contributed by atoms with van der Waals surface area (Å²) in [6.07, 6.45) is 0. The van der Waals surface area contributed by atoms with Gasteiger partial charge in [-0.2, -0.15) is 0 Å². The molecule has 114 valence electrons. The van der Waals surface area contributed by atoms with Gasteiger partial charge in [0.25, 0.3) is 0 Å². The first-order valence-corrected chi connectivity index (χ1v) is 8.91. The van der Waals surface area contributed by atoms with Crippen molar-refractivity contribution >= 4 is 67.5 Å². The highest BCUT2D eigenvalue weighted by molar-refractivity contribution is 7.74. The molecule has 0 saturated carbocycles. The van der Waals surface area contributed by atoms with E-state index in [-0.39, 0.29) is 0 Å². The van der Waals surface area contributed by atoms with Crippen LogP contribution in [0.25, 0.3) is 20.4 Å². The van der Waals surface area contributed by atoms with Crippen molar-refractivity contribution in [3.8, 4) is 0 Å². The van der Waals surface area contributed by atoms with E-state index in [1.165, 1.54) is 16.4 Å². The zero-order valence-electron chi connectivity index (χ0n) is 11.8. The molecule has 0 bridgehead atoms. The summed E-state index contributed by atoms with van der Waals surface area (Å²) in [6, 6.07) is 16.2. The standard InChI is InChI=1S/2C7H5NS2.CH5N/c2*9-7-8-5-3-1-2-4-6(5)10-7;1-2/h2*1-4H,(H,8,9);2H2,1H3. The molecule has 0 amide bonds. The molecule has 2 aromatic heterocycles. The Hall–Kier alpha value is -1.38. The van der Waals surface area contributed by atoms with Crippen molar-refractivity contribution in [3.05, 3.63) is 56.4 Å². The monoisotopic (exact) mass is 365 g/mol. The van der Waals surface area contributed by atoms with Gasteiger partial charge >= 0.3 is 0 Å². The number of H-pyrrole nitrogens is 2. The first kappa shape index (κ1) is 17.0. The molecule has 0 aliphatic heterocycles. The van der Waals surface area contributed by atoms with Crippen LogP contribution < -0.4 is 5.73 Å². The number of hydrogen-bond acceptors (Lipinski definition) is 5. The summed E-state index contributed by atoms with van der Waals surface area (Å²) in [6.45, 7) is 0. The van der Waals surface area contributed by atoms with E-state index >= 15 is 0 Å². The normalized spacial score (nSPS) is 9.73. The Labute approximate surface area is 146 Å².